The van der Waals surface area contributed by atoms with Crippen molar-refractivity contribution in [3.05, 3.63) is 24.3 Å². The molecule has 0 fully saturated rings. The van der Waals surface area contributed by atoms with Crippen molar-refractivity contribution in [2.24, 2.45) is 5.14 Å². The summed E-state index contributed by atoms with van der Waals surface area (Å²) in [5.74, 6) is -0.0174. The fraction of sp³-hybridized carbons (Fsp3) is 0.455. The van der Waals surface area contributed by atoms with Gasteiger partial charge in [-0.2, -0.15) is 0 Å². The predicted octanol–water partition coefficient (Wildman–Crippen LogP) is 0.571. The molecule has 19 heavy (non-hydrogen) atoms. The van der Waals surface area contributed by atoms with E-state index in [4.69, 9.17) is 5.14 Å². The molecular weight excluding hydrogens is 288 g/mol. The molecule has 0 radical (unpaired) electrons. The van der Waals surface area contributed by atoms with E-state index in [9.17, 15) is 16.8 Å². The Hall–Kier alpha value is -1.12. The number of rotatable bonds is 7. The highest BCUT2D eigenvalue weighted by atomic mass is 32.2. The molecule has 0 aliphatic rings. The van der Waals surface area contributed by atoms with Gasteiger partial charge in [0.1, 0.15) is 0 Å². The van der Waals surface area contributed by atoms with Gasteiger partial charge in [0.25, 0.3) is 0 Å². The molecule has 0 aromatic heterocycles. The highest BCUT2D eigenvalue weighted by Gasteiger charge is 2.10. The number of nitrogens with two attached hydrogens (primary N) is 1. The van der Waals surface area contributed by atoms with Gasteiger partial charge >= 0.3 is 0 Å². The van der Waals surface area contributed by atoms with Gasteiger partial charge in [-0.3, -0.25) is 0 Å². The first-order valence-electron chi connectivity index (χ1n) is 5.82. The summed E-state index contributed by atoms with van der Waals surface area (Å²) in [7, 11) is -6.61. The topological polar surface area (TPSA) is 106 Å². The van der Waals surface area contributed by atoms with Gasteiger partial charge in [-0.15, -0.1) is 0 Å². The summed E-state index contributed by atoms with van der Waals surface area (Å²) in [6.07, 6.45) is 0.397. The van der Waals surface area contributed by atoms with E-state index in [-0.39, 0.29) is 16.4 Å². The average molecular weight is 306 g/mol. The van der Waals surface area contributed by atoms with Crippen molar-refractivity contribution in [1.29, 1.82) is 0 Å². The fourth-order valence-electron chi connectivity index (χ4n) is 1.45. The normalized spacial score (nSPS) is 12.3. The largest absolute Gasteiger partial charge is 0.385 e. The minimum atomic E-state index is -3.43. The maximum absolute atomic E-state index is 11.6. The molecule has 8 heteroatoms. The molecule has 6 nitrogen and oxygen atoms in total. The monoisotopic (exact) mass is 306 g/mol. The summed E-state index contributed by atoms with van der Waals surface area (Å²) < 4.78 is 44.6. The summed E-state index contributed by atoms with van der Waals surface area (Å²) in [6, 6.07) is 6.36. The second-order valence-electron chi connectivity index (χ2n) is 4.08. The maximum atomic E-state index is 11.6. The minimum absolute atomic E-state index is 0.0636. The van der Waals surface area contributed by atoms with Crippen molar-refractivity contribution in [2.75, 3.05) is 23.4 Å². The number of hydrogen-bond acceptors (Lipinski definition) is 5. The summed E-state index contributed by atoms with van der Waals surface area (Å²) in [4.78, 5) is 0.282. The van der Waals surface area contributed by atoms with Crippen LogP contribution in [0.15, 0.2) is 29.2 Å². The van der Waals surface area contributed by atoms with E-state index in [0.717, 1.165) is 5.69 Å². The molecule has 0 aliphatic heterocycles. The van der Waals surface area contributed by atoms with Gasteiger partial charge in [0, 0.05) is 12.2 Å². The zero-order valence-corrected chi connectivity index (χ0v) is 12.3. The molecule has 0 bridgehead atoms. The van der Waals surface area contributed by atoms with E-state index >= 15 is 0 Å². The third-order valence-electron chi connectivity index (χ3n) is 2.53. The summed E-state index contributed by atoms with van der Waals surface area (Å²) in [6.45, 7) is 2.05. The van der Waals surface area contributed by atoms with Crippen LogP contribution in [0.25, 0.3) is 0 Å². The second-order valence-corrected chi connectivity index (χ2v) is 8.09. The van der Waals surface area contributed by atoms with E-state index in [1.165, 1.54) is 12.1 Å². The number of sulfonamides is 1. The Morgan fingerprint density at radius 2 is 1.68 bits per heavy atom. The summed E-state index contributed by atoms with van der Waals surface area (Å²) >= 11 is 0. The van der Waals surface area contributed by atoms with Crippen LogP contribution >= 0.6 is 0 Å². The Kier molecular flexibility index (Phi) is 5.33. The molecule has 0 saturated heterocycles. The lowest BCUT2D eigenvalue weighted by atomic mass is 10.3. The molecule has 0 atom stereocenters. The van der Waals surface area contributed by atoms with E-state index in [0.29, 0.717) is 13.0 Å². The van der Waals surface area contributed by atoms with Crippen LogP contribution in [0.2, 0.25) is 0 Å². The smallest absolute Gasteiger partial charge is 0.209 e. The van der Waals surface area contributed by atoms with Crippen molar-refractivity contribution in [2.45, 2.75) is 18.2 Å². The van der Waals surface area contributed by atoms with E-state index in [2.05, 4.69) is 5.32 Å². The molecule has 0 spiro atoms. The molecule has 0 amide bonds. The average Bonchev–Trinajstić information content (AvgIpc) is 2.34. The Labute approximate surface area is 114 Å². The first-order chi connectivity index (χ1) is 8.74. The Balaban J connectivity index is 2.54. The van der Waals surface area contributed by atoms with Crippen LogP contribution in [0.3, 0.4) is 0 Å². The molecule has 0 heterocycles. The Morgan fingerprint density at radius 3 is 2.16 bits per heavy atom. The van der Waals surface area contributed by atoms with Crippen LogP contribution in [0.1, 0.15) is 13.3 Å². The zero-order valence-electron chi connectivity index (χ0n) is 10.7. The molecule has 1 aromatic carbocycles. The first kappa shape index (κ1) is 15.9. The van der Waals surface area contributed by atoms with E-state index < -0.39 is 19.9 Å². The summed E-state index contributed by atoms with van der Waals surface area (Å²) in [5.41, 5.74) is 0.740. The third kappa shape index (κ3) is 5.58. The van der Waals surface area contributed by atoms with Gasteiger partial charge in [0.15, 0.2) is 9.84 Å². The van der Waals surface area contributed by atoms with Crippen LogP contribution < -0.4 is 10.5 Å². The molecule has 1 rings (SSSR count). The van der Waals surface area contributed by atoms with Crippen molar-refractivity contribution >= 4 is 25.5 Å². The van der Waals surface area contributed by atoms with Crippen molar-refractivity contribution in [3.63, 3.8) is 0 Å². The van der Waals surface area contributed by atoms with Crippen molar-refractivity contribution in [1.82, 2.24) is 0 Å². The van der Waals surface area contributed by atoms with Crippen LogP contribution in [0.5, 0.6) is 0 Å². The SMILES string of the molecule is CCS(=O)(=O)c1ccc(NCCCS(N)(=O)=O)cc1. The van der Waals surface area contributed by atoms with Crippen LogP contribution in [0.4, 0.5) is 5.69 Å². The number of anilines is 1. The molecule has 3 N–H and O–H groups in total. The second kappa shape index (κ2) is 6.36. The highest BCUT2D eigenvalue weighted by Crippen LogP contribution is 2.15. The van der Waals surface area contributed by atoms with E-state index in [1.807, 2.05) is 0 Å². The maximum Gasteiger partial charge on any atom is 0.209 e. The molecule has 0 aliphatic carbocycles. The Morgan fingerprint density at radius 1 is 1.11 bits per heavy atom. The standard InChI is InChI=1S/C11H18N2O4S2/c1-2-18(14,15)11-6-4-10(5-7-11)13-8-3-9-19(12,16)17/h4-7,13H,2-3,8-9H2,1H3,(H2,12,16,17). The molecule has 108 valence electrons. The Bertz CT molecular complexity index is 607. The van der Waals surface area contributed by atoms with Gasteiger partial charge < -0.3 is 5.32 Å². The number of primary sulfonamides is 1. The van der Waals surface area contributed by atoms with Gasteiger partial charge in [-0.05, 0) is 30.7 Å². The van der Waals surface area contributed by atoms with Crippen LogP contribution in [-0.2, 0) is 19.9 Å². The van der Waals surface area contributed by atoms with Gasteiger partial charge in [-0.1, -0.05) is 6.92 Å². The van der Waals surface area contributed by atoms with Crippen molar-refractivity contribution < 1.29 is 16.8 Å². The van der Waals surface area contributed by atoms with Gasteiger partial charge in [0.05, 0.1) is 16.4 Å². The van der Waals surface area contributed by atoms with Crippen LogP contribution in [-0.4, -0.2) is 34.9 Å². The summed E-state index contributed by atoms with van der Waals surface area (Å²) in [5, 5.41) is 7.87. The number of hydrogen-bond donors (Lipinski definition) is 2. The number of sulfone groups is 1. The molecule has 0 unspecified atom stereocenters. The number of benzene rings is 1. The predicted molar refractivity (Wildman–Crippen MR) is 75.2 cm³/mol. The van der Waals surface area contributed by atoms with E-state index in [1.54, 1.807) is 19.1 Å². The highest BCUT2D eigenvalue weighted by molar-refractivity contribution is 7.91. The molecule has 0 saturated carbocycles. The molecule has 1 aromatic rings. The third-order valence-corrected chi connectivity index (χ3v) is 5.14. The van der Waals surface area contributed by atoms with Crippen LogP contribution in [0, 0.1) is 0 Å². The van der Waals surface area contributed by atoms with Crippen molar-refractivity contribution in [3.8, 4) is 0 Å². The fourth-order valence-corrected chi connectivity index (χ4v) is 2.88. The minimum Gasteiger partial charge on any atom is -0.385 e. The lowest BCUT2D eigenvalue weighted by molar-refractivity contribution is 0.594. The lowest BCUT2D eigenvalue weighted by Crippen LogP contribution is -2.18. The number of nitrogens with one attached hydrogen (secondary N) is 1. The zero-order chi connectivity index (χ0) is 14.5. The first-order valence-corrected chi connectivity index (χ1v) is 9.18. The van der Waals surface area contributed by atoms with Gasteiger partial charge in [-0.25, -0.2) is 22.0 Å². The molecular formula is C11H18N2O4S2. The quantitative estimate of drug-likeness (QED) is 0.716. The van der Waals surface area contributed by atoms with Gasteiger partial charge in [0.2, 0.25) is 10.0 Å². The lowest BCUT2D eigenvalue weighted by Gasteiger charge is -2.07.